The van der Waals surface area contributed by atoms with Crippen molar-refractivity contribution >= 4 is 11.8 Å². The number of aliphatic hydroxyl groups excluding tert-OH is 1. The number of hydrogen-bond acceptors (Lipinski definition) is 2. The molecular formula is C28H47NO2. The van der Waals surface area contributed by atoms with Crippen molar-refractivity contribution in [3.63, 3.8) is 0 Å². The van der Waals surface area contributed by atoms with Crippen molar-refractivity contribution < 1.29 is 10.6 Å². The molecule has 3 heteroatoms. The van der Waals surface area contributed by atoms with Gasteiger partial charge in [0.1, 0.15) is 0 Å². The van der Waals surface area contributed by atoms with Crippen LogP contribution in [0.5, 0.6) is 0 Å². The molecule has 0 radical (unpaired) electrons. The third-order valence-electron chi connectivity index (χ3n) is 4.95. The van der Waals surface area contributed by atoms with E-state index < -0.39 is 0 Å². The van der Waals surface area contributed by atoms with E-state index in [0.717, 1.165) is 20.2 Å². The van der Waals surface area contributed by atoms with Crippen LogP contribution in [0.3, 0.4) is 0 Å². The van der Waals surface area contributed by atoms with Gasteiger partial charge < -0.3 is 15.5 Å². The van der Waals surface area contributed by atoms with Crippen molar-refractivity contribution in [3.8, 4) is 0 Å². The number of aryl methyl sites for hydroxylation is 1. The Kier molecular flexibility index (Phi) is 19.9. The van der Waals surface area contributed by atoms with Crippen LogP contribution in [0.4, 0.5) is 5.69 Å². The maximum atomic E-state index is 7.00. The molecule has 2 aromatic rings. The predicted molar refractivity (Wildman–Crippen MR) is 140 cm³/mol. The fourth-order valence-electron chi connectivity index (χ4n) is 3.51. The molecule has 3 N–H and O–H groups in total. The van der Waals surface area contributed by atoms with E-state index in [0.29, 0.717) is 0 Å². The minimum atomic E-state index is 0. The van der Waals surface area contributed by atoms with E-state index >= 15 is 0 Å². The van der Waals surface area contributed by atoms with Crippen molar-refractivity contribution in [3.05, 3.63) is 70.8 Å². The summed E-state index contributed by atoms with van der Waals surface area (Å²) >= 11 is 0. The van der Waals surface area contributed by atoms with E-state index in [9.17, 15) is 0 Å². The van der Waals surface area contributed by atoms with Gasteiger partial charge in [-0.2, -0.15) is 0 Å². The van der Waals surface area contributed by atoms with Crippen LogP contribution < -0.4 is 4.90 Å². The Morgan fingerprint density at radius 2 is 1.52 bits per heavy atom. The third-order valence-corrected chi connectivity index (χ3v) is 4.95. The van der Waals surface area contributed by atoms with Crippen LogP contribution in [0.1, 0.15) is 77.0 Å². The molecule has 0 aliphatic heterocycles. The lowest BCUT2D eigenvalue weighted by atomic mass is 10.1. The number of allylic oxidation sites excluding steroid dienone is 1. The third kappa shape index (κ3) is 11.2. The average molecular weight is 430 g/mol. The van der Waals surface area contributed by atoms with Crippen molar-refractivity contribution in [1.82, 2.24) is 0 Å². The molecule has 0 saturated heterocycles. The zero-order valence-electron chi connectivity index (χ0n) is 21.0. The molecule has 3 rings (SSSR count). The molecule has 0 saturated carbocycles. The second-order valence-corrected chi connectivity index (χ2v) is 7.17. The van der Waals surface area contributed by atoms with Gasteiger partial charge in [0.2, 0.25) is 0 Å². The fraction of sp³-hybridized carbons (Fsp3) is 0.500. The number of nitrogens with zero attached hydrogens (tertiary/aromatic N) is 1. The van der Waals surface area contributed by atoms with Crippen LogP contribution in [0.15, 0.2) is 54.1 Å². The number of unbranched alkanes of at least 4 members (excludes halogenated alkanes) is 1. The first-order valence-electron chi connectivity index (χ1n) is 11.7. The molecule has 0 aromatic heterocycles. The summed E-state index contributed by atoms with van der Waals surface area (Å²) in [6.45, 7) is 15.1. The van der Waals surface area contributed by atoms with Crippen LogP contribution in [0.2, 0.25) is 0 Å². The Morgan fingerprint density at radius 3 is 2.00 bits per heavy atom. The summed E-state index contributed by atoms with van der Waals surface area (Å²) in [5.41, 5.74) is 7.40. The Balaban J connectivity index is 0. The molecule has 0 heterocycles. The lowest BCUT2D eigenvalue weighted by molar-refractivity contribution is 0.399. The van der Waals surface area contributed by atoms with Gasteiger partial charge in [0.05, 0.1) is 0 Å². The molecule has 0 spiro atoms. The summed E-state index contributed by atoms with van der Waals surface area (Å²) in [7, 11) is 1.00. The zero-order chi connectivity index (χ0) is 22.8. The molecule has 2 aromatic carbocycles. The van der Waals surface area contributed by atoms with Crippen LogP contribution >= 0.6 is 0 Å². The number of fused-ring (bicyclic) bond motifs is 1. The molecule has 0 atom stereocenters. The molecule has 0 unspecified atom stereocenters. The van der Waals surface area contributed by atoms with Gasteiger partial charge in [-0.3, -0.25) is 0 Å². The summed E-state index contributed by atoms with van der Waals surface area (Å²) in [6, 6.07) is 17.1. The van der Waals surface area contributed by atoms with Gasteiger partial charge in [-0.15, -0.1) is 0 Å². The molecular weight excluding hydrogens is 382 g/mol. The van der Waals surface area contributed by atoms with Gasteiger partial charge in [0.25, 0.3) is 0 Å². The van der Waals surface area contributed by atoms with E-state index in [1.165, 1.54) is 54.5 Å². The van der Waals surface area contributed by atoms with Gasteiger partial charge in [-0.25, -0.2) is 0 Å². The molecule has 1 aliphatic rings. The van der Waals surface area contributed by atoms with Crippen molar-refractivity contribution in [2.24, 2.45) is 0 Å². The topological polar surface area (TPSA) is 55.0 Å². The Hall–Kier alpha value is -2.10. The van der Waals surface area contributed by atoms with E-state index in [1.54, 1.807) is 5.57 Å². The summed E-state index contributed by atoms with van der Waals surface area (Å²) in [4.78, 5) is 2.51. The standard InChI is InChI=1S/C18H27N.C7H8.C2H6.CH4O.H2O/c1-4-7-9-15-13-16-10-8-11-18(17(16)14-15)19(6-3)12-5-2;1-7-5-3-2-4-6-7;2*1-2;/h8,10-11,14H,4-7,9,12-13H2,1-3H3;2-6H,1H3;1-2H3;2H,1H3;1H2. The lowest BCUT2D eigenvalue weighted by Gasteiger charge is -2.24. The summed E-state index contributed by atoms with van der Waals surface area (Å²) in [6.07, 6.45) is 8.72. The predicted octanol–water partition coefficient (Wildman–Crippen LogP) is 6.86. The highest BCUT2D eigenvalue weighted by Crippen LogP contribution is 2.34. The van der Waals surface area contributed by atoms with E-state index in [2.05, 4.69) is 69.0 Å². The number of benzene rings is 2. The summed E-state index contributed by atoms with van der Waals surface area (Å²) in [5, 5.41) is 7.00. The quantitative estimate of drug-likeness (QED) is 0.523. The van der Waals surface area contributed by atoms with Gasteiger partial charge >= 0.3 is 0 Å². The first-order chi connectivity index (χ1) is 14.7. The largest absolute Gasteiger partial charge is 0.412 e. The number of anilines is 1. The Morgan fingerprint density at radius 1 is 0.871 bits per heavy atom. The first kappa shape index (κ1) is 31.1. The normalized spacial score (nSPS) is 10.5. The first-order valence-corrected chi connectivity index (χ1v) is 11.7. The van der Waals surface area contributed by atoms with Crippen molar-refractivity contribution in [2.75, 3.05) is 25.1 Å². The fourth-order valence-corrected chi connectivity index (χ4v) is 3.51. The zero-order valence-corrected chi connectivity index (χ0v) is 21.0. The number of rotatable bonds is 7. The van der Waals surface area contributed by atoms with Crippen LogP contribution in [0.25, 0.3) is 6.08 Å². The smallest absolute Gasteiger partial charge is 0.0442 e. The molecule has 0 bridgehead atoms. The second kappa shape index (κ2) is 19.8. The molecule has 31 heavy (non-hydrogen) atoms. The molecule has 0 fully saturated rings. The van der Waals surface area contributed by atoms with Crippen molar-refractivity contribution in [2.45, 2.75) is 73.6 Å². The van der Waals surface area contributed by atoms with E-state index in [1.807, 2.05) is 32.0 Å². The monoisotopic (exact) mass is 429 g/mol. The van der Waals surface area contributed by atoms with Gasteiger partial charge in [0.15, 0.2) is 0 Å². The highest BCUT2D eigenvalue weighted by atomic mass is 16.2. The van der Waals surface area contributed by atoms with Crippen LogP contribution in [-0.2, 0) is 6.42 Å². The molecule has 1 aliphatic carbocycles. The van der Waals surface area contributed by atoms with Crippen molar-refractivity contribution in [1.29, 1.82) is 0 Å². The van der Waals surface area contributed by atoms with Crippen LogP contribution in [0, 0.1) is 6.92 Å². The highest BCUT2D eigenvalue weighted by molar-refractivity contribution is 5.76. The van der Waals surface area contributed by atoms with Gasteiger partial charge in [0, 0.05) is 31.5 Å². The molecule has 0 amide bonds. The van der Waals surface area contributed by atoms with E-state index in [4.69, 9.17) is 5.11 Å². The Labute approximate surface area is 192 Å². The van der Waals surface area contributed by atoms with Gasteiger partial charge in [-0.1, -0.05) is 93.8 Å². The Bertz CT molecular complexity index is 695. The van der Waals surface area contributed by atoms with Crippen LogP contribution in [-0.4, -0.2) is 30.8 Å². The second-order valence-electron chi connectivity index (χ2n) is 7.17. The minimum Gasteiger partial charge on any atom is -0.412 e. The van der Waals surface area contributed by atoms with Gasteiger partial charge in [-0.05, 0) is 51.2 Å². The minimum absolute atomic E-state index is 0. The molecule has 3 nitrogen and oxygen atoms in total. The average Bonchev–Trinajstić information content (AvgIpc) is 3.23. The SMILES string of the molecule is CC.CCCCC1=Cc2c(cccc2N(CC)CCC)C1.CO.Cc1ccccc1.O. The number of aliphatic hydroxyl groups is 1. The van der Waals surface area contributed by atoms with E-state index in [-0.39, 0.29) is 5.48 Å². The summed E-state index contributed by atoms with van der Waals surface area (Å²) in [5.74, 6) is 0. The lowest BCUT2D eigenvalue weighted by Crippen LogP contribution is -2.24. The maximum absolute atomic E-state index is 7.00. The highest BCUT2D eigenvalue weighted by Gasteiger charge is 2.17. The molecule has 176 valence electrons. The number of hydrogen-bond donors (Lipinski definition) is 1. The maximum Gasteiger partial charge on any atom is 0.0442 e. The summed E-state index contributed by atoms with van der Waals surface area (Å²) < 4.78 is 0.